The van der Waals surface area contributed by atoms with Gasteiger partial charge in [-0.15, -0.1) is 0 Å². The summed E-state index contributed by atoms with van der Waals surface area (Å²) in [5, 5.41) is 22.0. The Bertz CT molecular complexity index is 1250. The second-order valence-corrected chi connectivity index (χ2v) is 11.6. The molecule has 188 valence electrons. The molecular formula is C25H28ClNO7S. The average Bonchev–Trinajstić information content (AvgIpc) is 3.27. The van der Waals surface area contributed by atoms with E-state index in [4.69, 9.17) is 21.4 Å². The molecule has 4 rings (SSSR count). The Kier molecular flexibility index (Phi) is 7.56. The molecule has 1 fully saturated rings. The number of carbonyl (C=O) groups excluding carboxylic acids is 1. The topological polar surface area (TPSA) is 130 Å². The lowest BCUT2D eigenvalue weighted by atomic mass is 9.91. The molecule has 0 saturated heterocycles. The van der Waals surface area contributed by atoms with Crippen molar-refractivity contribution in [1.82, 2.24) is 0 Å². The van der Waals surface area contributed by atoms with Gasteiger partial charge in [0.15, 0.2) is 9.84 Å². The molecule has 1 saturated carbocycles. The van der Waals surface area contributed by atoms with Crippen molar-refractivity contribution in [1.29, 1.82) is 0 Å². The third-order valence-electron chi connectivity index (χ3n) is 6.56. The molecule has 3 N–H and O–H groups in total. The number of aromatic hydroxyl groups is 1. The van der Waals surface area contributed by atoms with Gasteiger partial charge in [0, 0.05) is 17.3 Å². The Labute approximate surface area is 209 Å². The van der Waals surface area contributed by atoms with E-state index in [2.05, 4.69) is 5.32 Å². The first-order valence-electron chi connectivity index (χ1n) is 11.7. The van der Waals surface area contributed by atoms with Crippen LogP contribution in [-0.4, -0.2) is 36.3 Å². The van der Waals surface area contributed by atoms with Crippen LogP contribution in [0.5, 0.6) is 17.2 Å². The number of rotatable bonds is 8. The summed E-state index contributed by atoms with van der Waals surface area (Å²) in [5.41, 5.74) is 2.04. The number of benzene rings is 2. The summed E-state index contributed by atoms with van der Waals surface area (Å²) in [7, 11) is -3.72. The molecule has 0 bridgehead atoms. The molecule has 8 nitrogen and oxygen atoms in total. The van der Waals surface area contributed by atoms with Gasteiger partial charge in [0.1, 0.15) is 28.6 Å². The lowest BCUT2D eigenvalue weighted by Gasteiger charge is -2.21. The van der Waals surface area contributed by atoms with Crippen LogP contribution < -0.4 is 10.1 Å². The Morgan fingerprint density at radius 3 is 2.49 bits per heavy atom. The van der Waals surface area contributed by atoms with Gasteiger partial charge >= 0.3 is 5.97 Å². The van der Waals surface area contributed by atoms with Gasteiger partial charge in [-0.1, -0.05) is 30.9 Å². The number of anilines is 1. The Morgan fingerprint density at radius 2 is 1.77 bits per heavy atom. The SMILES string of the molecule is O=C(O)CC(=O)Nc1cc(Cl)c(Oc2ccc(O)c(S(=O)(=O)CC3CCCCC3)c2)c2c1CCC2. The summed E-state index contributed by atoms with van der Waals surface area (Å²) >= 11 is 6.48. The summed E-state index contributed by atoms with van der Waals surface area (Å²) in [4.78, 5) is 22.6. The number of amides is 1. The minimum Gasteiger partial charge on any atom is -0.507 e. The van der Waals surface area contributed by atoms with Crippen LogP contribution in [0.1, 0.15) is 56.1 Å². The van der Waals surface area contributed by atoms with Crippen LogP contribution in [0.15, 0.2) is 29.2 Å². The molecule has 0 radical (unpaired) electrons. The third-order valence-corrected chi connectivity index (χ3v) is 8.75. The highest BCUT2D eigenvalue weighted by atomic mass is 35.5. The van der Waals surface area contributed by atoms with Crippen molar-refractivity contribution in [2.24, 2.45) is 5.92 Å². The predicted molar refractivity (Wildman–Crippen MR) is 131 cm³/mol. The number of fused-ring (bicyclic) bond motifs is 1. The molecule has 0 unspecified atom stereocenters. The molecule has 2 aliphatic rings. The maximum atomic E-state index is 13.1. The van der Waals surface area contributed by atoms with Gasteiger partial charge < -0.3 is 20.3 Å². The number of phenols is 1. The van der Waals surface area contributed by atoms with E-state index in [9.17, 15) is 23.1 Å². The van der Waals surface area contributed by atoms with Crippen LogP contribution in [0, 0.1) is 5.92 Å². The number of phenolic OH excluding ortho intramolecular Hbond substituents is 1. The number of nitrogens with one attached hydrogen (secondary N) is 1. The van der Waals surface area contributed by atoms with Gasteiger partial charge in [0.05, 0.1) is 10.8 Å². The van der Waals surface area contributed by atoms with Crippen molar-refractivity contribution in [3.8, 4) is 17.2 Å². The fourth-order valence-electron chi connectivity index (χ4n) is 4.95. The molecule has 0 atom stereocenters. The average molecular weight is 522 g/mol. The summed E-state index contributed by atoms with van der Waals surface area (Å²) in [6.45, 7) is 0. The van der Waals surface area contributed by atoms with Gasteiger partial charge in [-0.25, -0.2) is 8.42 Å². The summed E-state index contributed by atoms with van der Waals surface area (Å²) in [6, 6.07) is 5.63. The second-order valence-electron chi connectivity index (χ2n) is 9.18. The first-order valence-corrected chi connectivity index (χ1v) is 13.8. The van der Waals surface area contributed by atoms with E-state index >= 15 is 0 Å². The van der Waals surface area contributed by atoms with E-state index in [0.29, 0.717) is 24.3 Å². The highest BCUT2D eigenvalue weighted by Crippen LogP contribution is 2.44. The fraction of sp³-hybridized carbons (Fsp3) is 0.440. The zero-order valence-electron chi connectivity index (χ0n) is 19.2. The maximum absolute atomic E-state index is 13.1. The quantitative estimate of drug-likeness (QED) is 0.412. The molecule has 2 aliphatic carbocycles. The minimum absolute atomic E-state index is 0.00902. The Hall–Kier alpha value is -2.78. The summed E-state index contributed by atoms with van der Waals surface area (Å²) in [6.07, 6.45) is 6.33. The number of sulfone groups is 1. The van der Waals surface area contributed by atoms with E-state index in [1.165, 1.54) is 24.3 Å². The van der Waals surface area contributed by atoms with Crippen LogP contribution >= 0.6 is 11.6 Å². The number of hydrogen-bond acceptors (Lipinski definition) is 6. The largest absolute Gasteiger partial charge is 0.507 e. The van der Waals surface area contributed by atoms with E-state index in [1.54, 1.807) is 0 Å². The number of aliphatic carboxylic acids is 1. The number of carboxylic acids is 1. The molecule has 0 aromatic heterocycles. The number of halogens is 1. The highest BCUT2D eigenvalue weighted by molar-refractivity contribution is 7.91. The molecule has 0 spiro atoms. The number of carbonyl (C=O) groups is 2. The van der Waals surface area contributed by atoms with Gasteiger partial charge in [0.2, 0.25) is 5.91 Å². The van der Waals surface area contributed by atoms with Crippen molar-refractivity contribution in [3.63, 3.8) is 0 Å². The van der Waals surface area contributed by atoms with Crippen LogP contribution in [0.4, 0.5) is 5.69 Å². The van der Waals surface area contributed by atoms with Gasteiger partial charge in [-0.2, -0.15) is 0 Å². The highest BCUT2D eigenvalue weighted by Gasteiger charge is 2.28. The van der Waals surface area contributed by atoms with Crippen LogP contribution in [0.3, 0.4) is 0 Å². The zero-order chi connectivity index (χ0) is 25.2. The van der Waals surface area contributed by atoms with Crippen LogP contribution in [0.25, 0.3) is 0 Å². The lowest BCUT2D eigenvalue weighted by molar-refractivity contribution is -0.139. The van der Waals surface area contributed by atoms with E-state index in [-0.39, 0.29) is 33.1 Å². The number of ether oxygens (including phenoxy) is 1. The number of hydrogen-bond donors (Lipinski definition) is 3. The maximum Gasteiger partial charge on any atom is 0.312 e. The Balaban J connectivity index is 1.60. The summed E-state index contributed by atoms with van der Waals surface area (Å²) in [5.74, 6) is -1.54. The van der Waals surface area contributed by atoms with Crippen molar-refractivity contribution < 1.29 is 33.0 Å². The standard InChI is InChI=1S/C25H28ClNO7S/c26-19-12-20(27-23(29)13-24(30)31)17-7-4-8-18(17)25(19)34-16-9-10-21(28)22(11-16)35(32,33)14-15-5-2-1-3-6-15/h9-12,15,28H,1-8,13-14H2,(H,27,29)(H,30,31). The molecule has 1 amide bonds. The van der Waals surface area contributed by atoms with E-state index in [1.807, 2.05) is 0 Å². The first kappa shape index (κ1) is 25.3. The smallest absolute Gasteiger partial charge is 0.312 e. The van der Waals surface area contributed by atoms with Gasteiger partial charge in [0.25, 0.3) is 0 Å². The number of carboxylic acid groups (broad SMARTS) is 1. The van der Waals surface area contributed by atoms with Crippen LogP contribution in [-0.2, 0) is 32.3 Å². The predicted octanol–water partition coefficient (Wildman–Crippen LogP) is 5.09. The molecule has 2 aromatic rings. The zero-order valence-corrected chi connectivity index (χ0v) is 20.8. The summed E-state index contributed by atoms with van der Waals surface area (Å²) < 4.78 is 32.2. The fourth-order valence-corrected chi connectivity index (χ4v) is 7.03. The van der Waals surface area contributed by atoms with Gasteiger partial charge in [-0.05, 0) is 61.8 Å². The molecular weight excluding hydrogens is 494 g/mol. The lowest BCUT2D eigenvalue weighted by Crippen LogP contribution is -2.19. The molecule has 10 heteroatoms. The Morgan fingerprint density at radius 1 is 1.06 bits per heavy atom. The molecule has 0 heterocycles. The first-order chi connectivity index (χ1) is 16.6. The molecule has 35 heavy (non-hydrogen) atoms. The van der Waals surface area contributed by atoms with Crippen molar-refractivity contribution in [2.45, 2.75) is 62.7 Å². The van der Waals surface area contributed by atoms with Crippen molar-refractivity contribution in [3.05, 3.63) is 40.4 Å². The monoisotopic (exact) mass is 521 g/mol. The second kappa shape index (κ2) is 10.5. The van der Waals surface area contributed by atoms with Crippen LogP contribution in [0.2, 0.25) is 5.02 Å². The molecule has 0 aliphatic heterocycles. The van der Waals surface area contributed by atoms with Crippen molar-refractivity contribution in [2.75, 3.05) is 11.1 Å². The van der Waals surface area contributed by atoms with Crippen molar-refractivity contribution >= 4 is 39.0 Å². The van der Waals surface area contributed by atoms with Gasteiger partial charge in [-0.3, -0.25) is 9.59 Å². The van der Waals surface area contributed by atoms with E-state index < -0.39 is 28.1 Å². The third kappa shape index (κ3) is 5.90. The molecule has 2 aromatic carbocycles. The van der Waals surface area contributed by atoms with E-state index in [0.717, 1.165) is 49.7 Å². The normalized spacial score (nSPS) is 16.0. The minimum atomic E-state index is -3.72.